The normalized spacial score (nSPS) is 13.5. The smallest absolute Gasteiger partial charge is 0.418 e. The maximum Gasteiger partial charge on any atom is 0.418 e. The Morgan fingerprint density at radius 3 is 1.84 bits per heavy atom. The summed E-state index contributed by atoms with van der Waals surface area (Å²) < 4.78 is 56.7. The number of furan rings is 1. The largest absolute Gasteiger partial charge is 0.455 e. The molecule has 8 heteroatoms. The fourth-order valence-corrected chi connectivity index (χ4v) is 9.00. The van der Waals surface area contributed by atoms with Gasteiger partial charge in [0.2, 0.25) is 0 Å². The van der Waals surface area contributed by atoms with Crippen molar-refractivity contribution in [1.82, 2.24) is 19.5 Å². The lowest BCUT2D eigenvalue weighted by Gasteiger charge is -2.23. The Hall–Kier alpha value is -7.06. The molecule has 274 valence electrons. The highest BCUT2D eigenvalue weighted by Crippen LogP contribution is 2.54. The zero-order valence-corrected chi connectivity index (χ0v) is 30.8. The van der Waals surface area contributed by atoms with Gasteiger partial charge in [-0.3, -0.25) is 0 Å². The number of halogens is 3. The van der Waals surface area contributed by atoms with E-state index in [1.165, 1.54) is 5.56 Å². The second-order valence-electron chi connectivity index (χ2n) is 15.1. The number of hydrogen-bond donors (Lipinski definition) is 0. The molecule has 3 aromatic heterocycles. The minimum atomic E-state index is -4.79. The Morgan fingerprint density at radius 1 is 0.544 bits per heavy atom. The number of fused-ring (bicyclic) bond motifs is 10. The highest BCUT2D eigenvalue weighted by molar-refractivity contribution is 6.19. The second kappa shape index (κ2) is 12.0. The number of hydrogen-bond acceptors (Lipinski definition) is 4. The fourth-order valence-electron chi connectivity index (χ4n) is 9.00. The van der Waals surface area contributed by atoms with Gasteiger partial charge >= 0.3 is 6.18 Å². The van der Waals surface area contributed by atoms with Crippen molar-refractivity contribution in [2.24, 2.45) is 0 Å². The van der Waals surface area contributed by atoms with E-state index in [-0.39, 0.29) is 22.7 Å². The molecule has 0 unspecified atom stereocenters. The molecule has 57 heavy (non-hydrogen) atoms. The average Bonchev–Trinajstić information content (AvgIpc) is 3.86. The van der Waals surface area contributed by atoms with E-state index in [2.05, 4.69) is 32.0 Å². The third-order valence-corrected chi connectivity index (χ3v) is 11.4. The molecule has 0 bridgehead atoms. The molecule has 1 aliphatic carbocycles. The first kappa shape index (κ1) is 33.3. The van der Waals surface area contributed by atoms with E-state index < -0.39 is 17.2 Å². The van der Waals surface area contributed by atoms with Crippen LogP contribution in [0.25, 0.3) is 94.7 Å². The van der Waals surface area contributed by atoms with Crippen molar-refractivity contribution < 1.29 is 17.6 Å². The molecule has 3 heterocycles. The number of aromatic nitrogens is 4. The molecule has 0 fully saturated rings. The second-order valence-corrected chi connectivity index (χ2v) is 15.1. The Bertz CT molecular complexity index is 3200. The molecule has 0 radical (unpaired) electrons. The quantitative estimate of drug-likeness (QED) is 0.180. The molecule has 11 rings (SSSR count). The van der Waals surface area contributed by atoms with E-state index >= 15 is 13.2 Å². The van der Waals surface area contributed by atoms with Crippen LogP contribution in [0, 0.1) is 0 Å². The van der Waals surface area contributed by atoms with Gasteiger partial charge < -0.3 is 8.98 Å². The van der Waals surface area contributed by atoms with Gasteiger partial charge in [-0.05, 0) is 46.5 Å². The van der Waals surface area contributed by atoms with Crippen molar-refractivity contribution in [2.75, 3.05) is 0 Å². The summed E-state index contributed by atoms with van der Waals surface area (Å²) in [6.07, 6.45) is -4.79. The predicted octanol–water partition coefficient (Wildman–Crippen LogP) is 13.2. The molecule has 0 atom stereocenters. The highest BCUT2D eigenvalue weighted by atomic mass is 19.4. The monoisotopic (exact) mass is 748 g/mol. The summed E-state index contributed by atoms with van der Waals surface area (Å²) in [5.41, 5.74) is 6.85. The van der Waals surface area contributed by atoms with Crippen LogP contribution in [0.3, 0.4) is 0 Å². The van der Waals surface area contributed by atoms with Crippen molar-refractivity contribution in [3.05, 3.63) is 168 Å². The van der Waals surface area contributed by atoms with Crippen molar-refractivity contribution in [3.8, 4) is 51.0 Å². The van der Waals surface area contributed by atoms with Crippen LogP contribution in [-0.2, 0) is 11.6 Å². The van der Waals surface area contributed by atoms with Crippen LogP contribution in [-0.4, -0.2) is 19.5 Å². The van der Waals surface area contributed by atoms with Gasteiger partial charge in [-0.25, -0.2) is 15.0 Å². The average molecular weight is 749 g/mol. The topological polar surface area (TPSA) is 56.7 Å². The van der Waals surface area contributed by atoms with Crippen LogP contribution in [0.4, 0.5) is 13.2 Å². The van der Waals surface area contributed by atoms with Gasteiger partial charge in [-0.2, -0.15) is 13.2 Å². The van der Waals surface area contributed by atoms with E-state index in [1.807, 2.05) is 121 Å². The molecular weight excluding hydrogens is 718 g/mol. The van der Waals surface area contributed by atoms with Crippen LogP contribution in [0.2, 0.25) is 0 Å². The molecule has 7 aromatic carbocycles. The fraction of sp³-hybridized carbons (Fsp3) is 0.0816. The lowest BCUT2D eigenvalue weighted by Crippen LogP contribution is -2.15. The number of para-hydroxylation sites is 2. The summed E-state index contributed by atoms with van der Waals surface area (Å²) in [6.45, 7) is 4.39. The Kier molecular flexibility index (Phi) is 6.99. The zero-order valence-electron chi connectivity index (χ0n) is 30.8. The zero-order chi connectivity index (χ0) is 38.6. The van der Waals surface area contributed by atoms with Crippen LogP contribution in [0.5, 0.6) is 0 Å². The van der Waals surface area contributed by atoms with E-state index in [4.69, 9.17) is 19.4 Å². The third-order valence-electron chi connectivity index (χ3n) is 11.4. The number of rotatable bonds is 4. The van der Waals surface area contributed by atoms with Gasteiger partial charge in [0, 0.05) is 32.7 Å². The van der Waals surface area contributed by atoms with Crippen LogP contribution < -0.4 is 0 Å². The summed E-state index contributed by atoms with van der Waals surface area (Å²) in [7, 11) is 0. The number of alkyl halides is 3. The van der Waals surface area contributed by atoms with Crippen LogP contribution in [0.15, 0.2) is 156 Å². The molecule has 0 spiro atoms. The van der Waals surface area contributed by atoms with Gasteiger partial charge in [0.15, 0.2) is 17.5 Å². The molecule has 0 saturated heterocycles. The molecule has 1 aliphatic rings. The van der Waals surface area contributed by atoms with E-state index in [9.17, 15) is 0 Å². The molecule has 0 saturated carbocycles. The first-order valence-corrected chi connectivity index (χ1v) is 18.8. The maximum absolute atomic E-state index is 16.1. The Balaban J connectivity index is 1.29. The molecular formula is C49H31F3N4O. The molecule has 5 nitrogen and oxygen atoms in total. The maximum atomic E-state index is 16.1. The highest BCUT2D eigenvalue weighted by Gasteiger charge is 2.41. The summed E-state index contributed by atoms with van der Waals surface area (Å²) in [6, 6.07) is 47.3. The van der Waals surface area contributed by atoms with Crippen molar-refractivity contribution in [3.63, 3.8) is 0 Å². The van der Waals surface area contributed by atoms with Crippen molar-refractivity contribution in [1.29, 1.82) is 0 Å². The van der Waals surface area contributed by atoms with Gasteiger partial charge in [0.1, 0.15) is 11.2 Å². The SMILES string of the molecule is CC1(C)c2ccccc2-c2ccc3c(c21)c1ccccc1n3-c1c(C(F)(F)F)cc(-c2nc(-c3ccccc3)nc(-c3ccccc3)n2)c2oc3ccccc3c12. The van der Waals surface area contributed by atoms with Crippen molar-refractivity contribution >= 4 is 43.7 Å². The van der Waals surface area contributed by atoms with Gasteiger partial charge in [-0.1, -0.05) is 141 Å². The van der Waals surface area contributed by atoms with Crippen LogP contribution in [0.1, 0.15) is 30.5 Å². The summed E-state index contributed by atoms with van der Waals surface area (Å²) in [4.78, 5) is 14.5. The minimum absolute atomic E-state index is 0.00807. The van der Waals surface area contributed by atoms with Crippen LogP contribution >= 0.6 is 0 Å². The van der Waals surface area contributed by atoms with Gasteiger partial charge in [0.05, 0.1) is 33.2 Å². The molecule has 0 N–H and O–H groups in total. The Labute approximate surface area is 324 Å². The predicted molar refractivity (Wildman–Crippen MR) is 220 cm³/mol. The van der Waals surface area contributed by atoms with Gasteiger partial charge in [0.25, 0.3) is 0 Å². The molecule has 0 aliphatic heterocycles. The number of benzene rings is 7. The van der Waals surface area contributed by atoms with E-state index in [0.717, 1.165) is 33.5 Å². The first-order valence-electron chi connectivity index (χ1n) is 18.8. The lowest BCUT2D eigenvalue weighted by molar-refractivity contribution is -0.137. The molecule has 10 aromatic rings. The minimum Gasteiger partial charge on any atom is -0.455 e. The standard InChI is InChI=1S/C49H31F3N4O/c1-48(2)35-22-12-9-19-30(35)31-25-26-38-40(42(31)48)32-20-10-13-23-37(32)56(38)43-36(49(50,51)52)27-34(44-41(43)33-21-11-14-24-39(33)57-44)47-54-45(28-15-5-3-6-16-28)53-46(55-47)29-17-7-4-8-18-29/h3-27H,1-2H3. The molecule has 0 amide bonds. The van der Waals surface area contributed by atoms with E-state index in [1.54, 1.807) is 10.6 Å². The summed E-state index contributed by atoms with van der Waals surface area (Å²) in [5.74, 6) is 0.741. The summed E-state index contributed by atoms with van der Waals surface area (Å²) in [5, 5.41) is 2.68. The Morgan fingerprint density at radius 2 is 1.14 bits per heavy atom. The van der Waals surface area contributed by atoms with Gasteiger partial charge in [-0.15, -0.1) is 0 Å². The lowest BCUT2D eigenvalue weighted by atomic mass is 9.80. The third kappa shape index (κ3) is 4.86. The van der Waals surface area contributed by atoms with E-state index in [0.29, 0.717) is 50.2 Å². The number of nitrogens with zero attached hydrogens (tertiary/aromatic N) is 4. The first-order chi connectivity index (χ1) is 27.7. The van der Waals surface area contributed by atoms with Crippen molar-refractivity contribution in [2.45, 2.75) is 25.4 Å². The summed E-state index contributed by atoms with van der Waals surface area (Å²) >= 11 is 0.